The SMILES string of the molecule is C=CC[N+](C)(CC=C)CC=C(CCCCCCCCCCCCCCCCCC)C(N)=O. The highest BCUT2D eigenvalue weighted by Crippen LogP contribution is 2.16. The van der Waals surface area contributed by atoms with E-state index < -0.39 is 0 Å². The lowest BCUT2D eigenvalue weighted by Gasteiger charge is -2.31. The van der Waals surface area contributed by atoms with Gasteiger partial charge in [0.05, 0.1) is 26.7 Å². The van der Waals surface area contributed by atoms with Crippen LogP contribution in [0.25, 0.3) is 0 Å². The first-order chi connectivity index (χ1) is 15.5. The molecule has 0 heterocycles. The lowest BCUT2D eigenvalue weighted by molar-refractivity contribution is -0.892. The maximum absolute atomic E-state index is 11.8. The van der Waals surface area contributed by atoms with Crippen LogP contribution >= 0.6 is 0 Å². The van der Waals surface area contributed by atoms with Gasteiger partial charge in [0, 0.05) is 5.57 Å². The zero-order valence-corrected chi connectivity index (χ0v) is 21.7. The van der Waals surface area contributed by atoms with Crippen LogP contribution in [0.5, 0.6) is 0 Å². The Balaban J connectivity index is 3.76. The van der Waals surface area contributed by atoms with E-state index in [4.69, 9.17) is 5.73 Å². The van der Waals surface area contributed by atoms with Gasteiger partial charge in [-0.2, -0.15) is 0 Å². The maximum Gasteiger partial charge on any atom is 0.244 e. The number of unbranched alkanes of at least 4 members (excludes halogenated alkanes) is 15. The van der Waals surface area contributed by atoms with E-state index in [0.29, 0.717) is 0 Å². The summed E-state index contributed by atoms with van der Waals surface area (Å²) in [6.45, 7) is 12.5. The number of primary amides is 1. The quantitative estimate of drug-likeness (QED) is 0.0695. The predicted molar refractivity (Wildman–Crippen MR) is 143 cm³/mol. The molecule has 32 heavy (non-hydrogen) atoms. The van der Waals surface area contributed by atoms with Crippen molar-refractivity contribution in [3.63, 3.8) is 0 Å². The van der Waals surface area contributed by atoms with Crippen LogP contribution in [0, 0.1) is 0 Å². The zero-order valence-electron chi connectivity index (χ0n) is 21.7. The molecule has 0 unspecified atom stereocenters. The molecule has 0 spiro atoms. The zero-order chi connectivity index (χ0) is 23.9. The number of likely N-dealkylation sites (N-methyl/N-ethyl adjacent to an activating group) is 1. The number of hydrogen-bond acceptors (Lipinski definition) is 1. The fourth-order valence-corrected chi connectivity index (χ4v) is 4.37. The minimum Gasteiger partial charge on any atom is -0.366 e. The monoisotopic (exact) mass is 447 g/mol. The number of nitrogens with two attached hydrogens (primary N) is 1. The van der Waals surface area contributed by atoms with Gasteiger partial charge < -0.3 is 10.2 Å². The Kier molecular flexibility index (Phi) is 20.6. The van der Waals surface area contributed by atoms with E-state index in [9.17, 15) is 4.79 Å². The molecule has 3 heteroatoms. The highest BCUT2D eigenvalue weighted by molar-refractivity contribution is 5.91. The number of hydrogen-bond donors (Lipinski definition) is 1. The third kappa shape index (κ3) is 18.2. The summed E-state index contributed by atoms with van der Waals surface area (Å²) < 4.78 is 0.780. The second kappa shape index (κ2) is 21.5. The second-order valence-electron chi connectivity index (χ2n) is 9.89. The first kappa shape index (κ1) is 30.6. The average Bonchev–Trinajstić information content (AvgIpc) is 2.75. The van der Waals surface area contributed by atoms with Crippen molar-refractivity contribution in [1.29, 1.82) is 0 Å². The van der Waals surface area contributed by atoms with Crippen molar-refractivity contribution in [3.05, 3.63) is 37.0 Å². The molecule has 0 aromatic heterocycles. The lowest BCUT2D eigenvalue weighted by Crippen LogP contribution is -2.44. The first-order valence-electron chi connectivity index (χ1n) is 13.5. The van der Waals surface area contributed by atoms with E-state index in [1.165, 1.54) is 96.3 Å². The summed E-state index contributed by atoms with van der Waals surface area (Å²) in [7, 11) is 2.16. The van der Waals surface area contributed by atoms with Crippen LogP contribution < -0.4 is 5.73 Å². The first-order valence-corrected chi connectivity index (χ1v) is 13.5. The fourth-order valence-electron chi connectivity index (χ4n) is 4.37. The van der Waals surface area contributed by atoms with Gasteiger partial charge in [-0.1, -0.05) is 116 Å². The Labute approximate surface area is 200 Å². The molecule has 0 bridgehead atoms. The van der Waals surface area contributed by atoms with Gasteiger partial charge in [-0.3, -0.25) is 4.79 Å². The van der Waals surface area contributed by atoms with Crippen LogP contribution in [-0.2, 0) is 4.79 Å². The Morgan fingerprint density at radius 2 is 1.06 bits per heavy atom. The molecule has 2 N–H and O–H groups in total. The van der Waals surface area contributed by atoms with E-state index >= 15 is 0 Å². The molecule has 0 rings (SSSR count). The standard InChI is InChI=1S/C29H54N2O/c1-5-8-9-10-11-12-13-14-15-16-17-18-19-20-21-22-23-28(29(30)32)24-27-31(4,25-6-2)26-7-3/h6-7,24H,2-3,5,8-23,25-27H2,1,4H3,(H-,30,32)/p+1. The summed E-state index contributed by atoms with van der Waals surface area (Å²) in [6, 6.07) is 0. The van der Waals surface area contributed by atoms with Gasteiger partial charge >= 0.3 is 0 Å². The van der Waals surface area contributed by atoms with E-state index in [0.717, 1.165) is 42.5 Å². The van der Waals surface area contributed by atoms with Gasteiger partial charge in [0.1, 0.15) is 0 Å². The molecule has 0 atom stereocenters. The summed E-state index contributed by atoms with van der Waals surface area (Å²) in [5, 5.41) is 0. The summed E-state index contributed by atoms with van der Waals surface area (Å²) >= 11 is 0. The topological polar surface area (TPSA) is 43.1 Å². The molecule has 0 aromatic rings. The van der Waals surface area contributed by atoms with Crippen LogP contribution in [-0.4, -0.2) is 37.1 Å². The second-order valence-corrected chi connectivity index (χ2v) is 9.89. The van der Waals surface area contributed by atoms with Crippen LogP contribution in [0.15, 0.2) is 37.0 Å². The maximum atomic E-state index is 11.8. The van der Waals surface area contributed by atoms with Crippen LogP contribution in [0.4, 0.5) is 0 Å². The Morgan fingerprint density at radius 1 is 0.688 bits per heavy atom. The molecule has 186 valence electrons. The molecule has 0 aliphatic rings. The van der Waals surface area contributed by atoms with Gasteiger partial charge in [0.2, 0.25) is 5.91 Å². The van der Waals surface area contributed by atoms with Gasteiger partial charge in [0.15, 0.2) is 0 Å². The number of rotatable bonds is 24. The highest BCUT2D eigenvalue weighted by atomic mass is 16.1. The van der Waals surface area contributed by atoms with Crippen LogP contribution in [0.3, 0.4) is 0 Å². The van der Waals surface area contributed by atoms with Gasteiger partial charge in [0.25, 0.3) is 0 Å². The average molecular weight is 448 g/mol. The molecule has 0 aliphatic carbocycles. The fraction of sp³-hybridized carbons (Fsp3) is 0.759. The van der Waals surface area contributed by atoms with Crippen molar-refractivity contribution in [2.24, 2.45) is 5.73 Å². The van der Waals surface area contributed by atoms with Crippen molar-refractivity contribution in [1.82, 2.24) is 0 Å². The number of nitrogens with zero attached hydrogens (tertiary/aromatic N) is 1. The normalized spacial score (nSPS) is 12.1. The third-order valence-corrected chi connectivity index (χ3v) is 6.53. The Hall–Kier alpha value is -1.35. The van der Waals surface area contributed by atoms with Crippen molar-refractivity contribution in [2.75, 3.05) is 26.7 Å². The summed E-state index contributed by atoms with van der Waals surface area (Å²) in [5.74, 6) is -0.269. The number of quaternary nitrogens is 1. The molecule has 0 fully saturated rings. The van der Waals surface area contributed by atoms with Crippen molar-refractivity contribution in [3.8, 4) is 0 Å². The Morgan fingerprint density at radius 3 is 1.41 bits per heavy atom. The smallest absolute Gasteiger partial charge is 0.244 e. The van der Waals surface area contributed by atoms with E-state index in [1.54, 1.807) is 0 Å². The molecule has 1 amide bonds. The molecular weight excluding hydrogens is 392 g/mol. The van der Waals surface area contributed by atoms with E-state index in [2.05, 4.69) is 27.1 Å². The van der Waals surface area contributed by atoms with Gasteiger partial charge in [-0.25, -0.2) is 0 Å². The molecule has 0 saturated carbocycles. The van der Waals surface area contributed by atoms with Crippen LogP contribution in [0.2, 0.25) is 0 Å². The van der Waals surface area contributed by atoms with Crippen molar-refractivity contribution >= 4 is 5.91 Å². The molecular formula is C29H55N2O+. The molecule has 0 saturated heterocycles. The predicted octanol–water partition coefficient (Wildman–Crippen LogP) is 7.87. The van der Waals surface area contributed by atoms with E-state index in [-0.39, 0.29) is 5.91 Å². The highest BCUT2D eigenvalue weighted by Gasteiger charge is 2.17. The largest absolute Gasteiger partial charge is 0.366 e. The van der Waals surface area contributed by atoms with Crippen LogP contribution in [0.1, 0.15) is 116 Å². The summed E-state index contributed by atoms with van der Waals surface area (Å²) in [6.07, 6.45) is 28.4. The minimum absolute atomic E-state index is 0.269. The number of carbonyl (C=O) groups is 1. The molecule has 3 nitrogen and oxygen atoms in total. The minimum atomic E-state index is -0.269. The van der Waals surface area contributed by atoms with Crippen molar-refractivity contribution in [2.45, 2.75) is 116 Å². The summed E-state index contributed by atoms with van der Waals surface area (Å²) in [5.41, 5.74) is 6.41. The Bertz CT molecular complexity index is 499. The number of amides is 1. The van der Waals surface area contributed by atoms with Crippen molar-refractivity contribution < 1.29 is 9.28 Å². The molecule has 0 aliphatic heterocycles. The van der Waals surface area contributed by atoms with E-state index in [1.807, 2.05) is 18.2 Å². The lowest BCUT2D eigenvalue weighted by atomic mass is 10.0. The van der Waals surface area contributed by atoms with Gasteiger partial charge in [-0.05, 0) is 31.1 Å². The molecule has 0 aromatic carbocycles. The summed E-state index contributed by atoms with van der Waals surface area (Å²) in [4.78, 5) is 11.8. The number of carbonyl (C=O) groups excluding carboxylic acids is 1. The third-order valence-electron chi connectivity index (χ3n) is 6.53. The van der Waals surface area contributed by atoms with Gasteiger partial charge in [-0.15, -0.1) is 0 Å². The molecule has 0 radical (unpaired) electrons.